The Morgan fingerprint density at radius 1 is 1.14 bits per heavy atom. The molecule has 1 unspecified atom stereocenters. The predicted molar refractivity (Wildman–Crippen MR) is 88.4 cm³/mol. The van der Waals surface area contributed by atoms with Gasteiger partial charge in [0, 0.05) is 12.1 Å². The van der Waals surface area contributed by atoms with Crippen LogP contribution in [0.15, 0.2) is 53.5 Å². The Balaban J connectivity index is 0.00000144. The van der Waals surface area contributed by atoms with Crippen LogP contribution in [-0.4, -0.2) is 16.8 Å². The molecule has 0 radical (unpaired) electrons. The van der Waals surface area contributed by atoms with Crippen molar-refractivity contribution in [2.24, 2.45) is 4.99 Å². The molecule has 5 heteroatoms. The number of carbonyl (C=O) groups is 1. The van der Waals surface area contributed by atoms with Crippen LogP contribution in [0.5, 0.6) is 0 Å². The minimum atomic E-state index is -0.294. The lowest BCUT2D eigenvalue weighted by Gasteiger charge is -2.28. The molecule has 0 aliphatic carbocycles. The average molecular weight is 314 g/mol. The van der Waals surface area contributed by atoms with Gasteiger partial charge in [0.2, 0.25) is 5.96 Å². The maximum atomic E-state index is 12.3. The minimum absolute atomic E-state index is 0. The van der Waals surface area contributed by atoms with Crippen LogP contribution in [0.25, 0.3) is 0 Å². The summed E-state index contributed by atoms with van der Waals surface area (Å²) in [6, 6.07) is 15.6. The molecular formula is C17H16ClN3O. The van der Waals surface area contributed by atoms with Gasteiger partial charge in [0.25, 0.3) is 5.91 Å². The van der Waals surface area contributed by atoms with Gasteiger partial charge < -0.3 is 4.90 Å². The second kappa shape index (κ2) is 5.46. The van der Waals surface area contributed by atoms with Gasteiger partial charge in [0.05, 0.1) is 5.69 Å². The lowest BCUT2D eigenvalue weighted by molar-refractivity contribution is -0.121. The van der Waals surface area contributed by atoms with Crippen molar-refractivity contribution >= 4 is 30.0 Å². The van der Waals surface area contributed by atoms with Gasteiger partial charge >= 0.3 is 0 Å². The Hall–Kier alpha value is -2.33. The molecule has 2 aliphatic heterocycles. The van der Waals surface area contributed by atoms with E-state index >= 15 is 0 Å². The van der Waals surface area contributed by atoms with E-state index in [4.69, 9.17) is 0 Å². The number of carbonyl (C=O) groups excluding carboxylic acids is 1. The molecule has 1 atom stereocenters. The Labute approximate surface area is 135 Å². The normalized spacial score (nSPS) is 18.8. The van der Waals surface area contributed by atoms with Gasteiger partial charge in [-0.15, -0.1) is 12.4 Å². The third-order valence-corrected chi connectivity index (χ3v) is 4.12. The smallest absolute Gasteiger partial charge is 0.254 e. The fourth-order valence-electron chi connectivity index (χ4n) is 3.02. The van der Waals surface area contributed by atoms with Crippen LogP contribution < -0.4 is 5.32 Å². The molecule has 4 rings (SSSR count). The van der Waals surface area contributed by atoms with E-state index in [1.165, 1.54) is 11.1 Å². The number of rotatable bonds is 1. The number of hydrogen-bond donors (Lipinski definition) is 1. The second-order valence-electron chi connectivity index (χ2n) is 5.44. The van der Waals surface area contributed by atoms with Crippen molar-refractivity contribution in [3.05, 3.63) is 65.2 Å². The molecule has 2 aliphatic rings. The van der Waals surface area contributed by atoms with E-state index in [1.807, 2.05) is 47.4 Å². The molecule has 4 nitrogen and oxygen atoms in total. The van der Waals surface area contributed by atoms with Crippen molar-refractivity contribution in [1.82, 2.24) is 10.2 Å². The Morgan fingerprint density at radius 2 is 1.91 bits per heavy atom. The summed E-state index contributed by atoms with van der Waals surface area (Å²) in [6.07, 6.45) is 0. The quantitative estimate of drug-likeness (QED) is 0.879. The van der Waals surface area contributed by atoms with Crippen LogP contribution in [0.3, 0.4) is 0 Å². The highest BCUT2D eigenvalue weighted by Crippen LogP contribution is 2.35. The van der Waals surface area contributed by atoms with E-state index in [9.17, 15) is 4.79 Å². The highest BCUT2D eigenvalue weighted by atomic mass is 35.5. The van der Waals surface area contributed by atoms with Gasteiger partial charge in [-0.25, -0.2) is 4.99 Å². The maximum absolute atomic E-state index is 12.3. The number of guanidine groups is 1. The predicted octanol–water partition coefficient (Wildman–Crippen LogP) is 3.09. The Kier molecular flexibility index (Phi) is 3.62. The SMILES string of the molecule is Cc1cccc2c1CN1C(=N2)NC(=O)C1c1ccccc1.Cl. The summed E-state index contributed by atoms with van der Waals surface area (Å²) in [4.78, 5) is 19.0. The molecule has 1 fully saturated rings. The molecule has 0 saturated carbocycles. The van der Waals surface area contributed by atoms with Crippen molar-refractivity contribution in [2.75, 3.05) is 0 Å². The van der Waals surface area contributed by atoms with Crippen molar-refractivity contribution < 1.29 is 4.79 Å². The summed E-state index contributed by atoms with van der Waals surface area (Å²) >= 11 is 0. The summed E-state index contributed by atoms with van der Waals surface area (Å²) < 4.78 is 0. The highest BCUT2D eigenvalue weighted by Gasteiger charge is 2.40. The monoisotopic (exact) mass is 313 g/mol. The number of fused-ring (bicyclic) bond motifs is 2. The molecule has 1 amide bonds. The standard InChI is InChI=1S/C17H15N3O.ClH/c1-11-6-5-9-14-13(11)10-20-15(12-7-3-2-4-8-12)16(21)19-17(20)18-14;/h2-9,15H,10H2,1H3,(H,18,19,21);1H. The number of halogens is 1. The van der Waals surface area contributed by atoms with Crippen LogP contribution in [0.4, 0.5) is 5.69 Å². The van der Waals surface area contributed by atoms with Crippen molar-refractivity contribution in [1.29, 1.82) is 0 Å². The van der Waals surface area contributed by atoms with Crippen molar-refractivity contribution in [3.8, 4) is 0 Å². The maximum Gasteiger partial charge on any atom is 0.254 e. The number of hydrogen-bond acceptors (Lipinski definition) is 3. The van der Waals surface area contributed by atoms with E-state index in [0.717, 1.165) is 11.3 Å². The van der Waals surface area contributed by atoms with Crippen molar-refractivity contribution in [3.63, 3.8) is 0 Å². The van der Waals surface area contributed by atoms with E-state index in [-0.39, 0.29) is 24.4 Å². The molecule has 0 spiro atoms. The van der Waals surface area contributed by atoms with Crippen LogP contribution >= 0.6 is 12.4 Å². The first-order chi connectivity index (χ1) is 10.2. The minimum Gasteiger partial charge on any atom is -0.322 e. The Morgan fingerprint density at radius 3 is 2.68 bits per heavy atom. The molecule has 112 valence electrons. The van der Waals surface area contributed by atoms with E-state index in [2.05, 4.69) is 23.3 Å². The molecule has 1 saturated heterocycles. The zero-order chi connectivity index (χ0) is 14.4. The summed E-state index contributed by atoms with van der Waals surface area (Å²) in [7, 11) is 0. The zero-order valence-corrected chi connectivity index (χ0v) is 12.9. The van der Waals surface area contributed by atoms with Crippen LogP contribution in [0, 0.1) is 6.92 Å². The summed E-state index contributed by atoms with van der Waals surface area (Å²) in [5.41, 5.74) is 4.35. The van der Waals surface area contributed by atoms with E-state index in [0.29, 0.717) is 12.5 Å². The summed E-state index contributed by atoms with van der Waals surface area (Å²) in [5, 5.41) is 2.90. The number of nitrogens with one attached hydrogen (secondary N) is 1. The fourth-order valence-corrected chi connectivity index (χ4v) is 3.02. The zero-order valence-electron chi connectivity index (χ0n) is 12.1. The highest BCUT2D eigenvalue weighted by molar-refractivity contribution is 6.08. The summed E-state index contributed by atoms with van der Waals surface area (Å²) in [6.45, 7) is 2.79. The van der Waals surface area contributed by atoms with E-state index < -0.39 is 0 Å². The first-order valence-corrected chi connectivity index (χ1v) is 7.03. The number of aryl methyl sites for hydroxylation is 1. The lowest BCUT2D eigenvalue weighted by atomic mass is 10.0. The lowest BCUT2D eigenvalue weighted by Crippen LogP contribution is -2.33. The molecular weight excluding hydrogens is 298 g/mol. The molecule has 22 heavy (non-hydrogen) atoms. The first kappa shape index (κ1) is 14.6. The van der Waals surface area contributed by atoms with Gasteiger partial charge in [-0.1, -0.05) is 42.5 Å². The molecule has 2 aromatic carbocycles. The van der Waals surface area contributed by atoms with E-state index in [1.54, 1.807) is 0 Å². The van der Waals surface area contributed by atoms with Crippen LogP contribution in [-0.2, 0) is 11.3 Å². The number of nitrogens with zero attached hydrogens (tertiary/aromatic N) is 2. The van der Waals surface area contributed by atoms with Gasteiger partial charge in [-0.05, 0) is 24.1 Å². The van der Waals surface area contributed by atoms with Crippen LogP contribution in [0.1, 0.15) is 22.7 Å². The van der Waals surface area contributed by atoms with Gasteiger partial charge in [0.1, 0.15) is 6.04 Å². The number of aliphatic imine (C=N–C) groups is 1. The van der Waals surface area contributed by atoms with Gasteiger partial charge in [-0.2, -0.15) is 0 Å². The first-order valence-electron chi connectivity index (χ1n) is 7.03. The molecule has 2 heterocycles. The molecule has 1 N–H and O–H groups in total. The average Bonchev–Trinajstić information content (AvgIpc) is 2.81. The van der Waals surface area contributed by atoms with Crippen molar-refractivity contribution in [2.45, 2.75) is 19.5 Å². The third kappa shape index (κ3) is 2.16. The largest absolute Gasteiger partial charge is 0.322 e. The van der Waals surface area contributed by atoms with Gasteiger partial charge in [-0.3, -0.25) is 10.1 Å². The Bertz CT molecular complexity index is 758. The molecule has 0 bridgehead atoms. The molecule has 0 aromatic heterocycles. The number of benzene rings is 2. The molecule has 2 aromatic rings. The number of amides is 1. The van der Waals surface area contributed by atoms with Crippen LogP contribution in [0.2, 0.25) is 0 Å². The summed E-state index contributed by atoms with van der Waals surface area (Å²) in [5.74, 6) is 0.650. The third-order valence-electron chi connectivity index (χ3n) is 4.12. The topological polar surface area (TPSA) is 44.7 Å². The van der Waals surface area contributed by atoms with Gasteiger partial charge in [0.15, 0.2) is 0 Å². The fraction of sp³-hybridized carbons (Fsp3) is 0.176. The second-order valence-corrected chi connectivity index (χ2v) is 5.44.